The van der Waals surface area contributed by atoms with Crippen LogP contribution < -0.4 is 11.5 Å². The lowest BCUT2D eigenvalue weighted by Gasteiger charge is -2.01. The predicted molar refractivity (Wildman–Crippen MR) is 58.0 cm³/mol. The minimum absolute atomic E-state index is 0.542. The van der Waals surface area contributed by atoms with Crippen molar-refractivity contribution in [2.75, 3.05) is 6.54 Å². The van der Waals surface area contributed by atoms with Crippen molar-refractivity contribution in [3.63, 3.8) is 0 Å². The molecule has 0 unspecified atom stereocenters. The van der Waals surface area contributed by atoms with Crippen molar-refractivity contribution in [1.29, 1.82) is 0 Å². The third-order valence-corrected chi connectivity index (χ3v) is 1.76. The van der Waals surface area contributed by atoms with E-state index in [1.807, 2.05) is 18.2 Å². The van der Waals surface area contributed by atoms with Crippen LogP contribution in [0, 0.1) is 0 Å². The van der Waals surface area contributed by atoms with Crippen LogP contribution in [0.1, 0.15) is 18.3 Å². The summed E-state index contributed by atoms with van der Waals surface area (Å²) in [5, 5.41) is 0. The SMILES string of the molecule is CC(N)=NCc1cccc(CCN)n1. The van der Waals surface area contributed by atoms with Gasteiger partial charge in [0.2, 0.25) is 0 Å². The van der Waals surface area contributed by atoms with E-state index < -0.39 is 0 Å². The molecule has 4 nitrogen and oxygen atoms in total. The van der Waals surface area contributed by atoms with Gasteiger partial charge < -0.3 is 11.5 Å². The van der Waals surface area contributed by atoms with Gasteiger partial charge in [-0.3, -0.25) is 9.98 Å². The fourth-order valence-electron chi connectivity index (χ4n) is 1.11. The van der Waals surface area contributed by atoms with Gasteiger partial charge in [-0.05, 0) is 25.6 Å². The summed E-state index contributed by atoms with van der Waals surface area (Å²) in [5.41, 5.74) is 12.8. The Morgan fingerprint density at radius 3 is 2.79 bits per heavy atom. The molecule has 1 heterocycles. The molecule has 0 amide bonds. The van der Waals surface area contributed by atoms with Crippen molar-refractivity contribution < 1.29 is 0 Å². The molecular formula is C10H16N4. The van der Waals surface area contributed by atoms with Crippen LogP contribution in [-0.2, 0) is 13.0 Å². The molecule has 4 heteroatoms. The highest BCUT2D eigenvalue weighted by atomic mass is 14.9. The van der Waals surface area contributed by atoms with Crippen molar-refractivity contribution in [2.45, 2.75) is 19.9 Å². The number of amidine groups is 1. The first kappa shape index (κ1) is 10.7. The summed E-state index contributed by atoms with van der Waals surface area (Å²) in [5.74, 6) is 0.580. The van der Waals surface area contributed by atoms with Gasteiger partial charge in [-0.2, -0.15) is 0 Å². The topological polar surface area (TPSA) is 77.3 Å². The van der Waals surface area contributed by atoms with E-state index in [9.17, 15) is 0 Å². The first-order chi connectivity index (χ1) is 6.72. The molecule has 0 spiro atoms. The van der Waals surface area contributed by atoms with E-state index in [1.165, 1.54) is 0 Å². The number of rotatable bonds is 4. The molecule has 1 aromatic heterocycles. The third-order valence-electron chi connectivity index (χ3n) is 1.76. The molecule has 0 aliphatic rings. The van der Waals surface area contributed by atoms with Gasteiger partial charge in [0.05, 0.1) is 18.1 Å². The van der Waals surface area contributed by atoms with Crippen molar-refractivity contribution in [3.8, 4) is 0 Å². The number of aliphatic imine (C=N–C) groups is 1. The normalized spacial score (nSPS) is 11.7. The highest BCUT2D eigenvalue weighted by Gasteiger charge is 1.96. The zero-order valence-electron chi connectivity index (χ0n) is 8.40. The number of nitrogens with two attached hydrogens (primary N) is 2. The smallest absolute Gasteiger partial charge is 0.0910 e. The molecule has 0 aliphatic carbocycles. The van der Waals surface area contributed by atoms with Gasteiger partial charge in [-0.15, -0.1) is 0 Å². The second kappa shape index (κ2) is 5.34. The lowest BCUT2D eigenvalue weighted by molar-refractivity contribution is 0.884. The van der Waals surface area contributed by atoms with Gasteiger partial charge in [0.25, 0.3) is 0 Å². The van der Waals surface area contributed by atoms with Crippen LogP contribution in [0.25, 0.3) is 0 Å². The first-order valence-electron chi connectivity index (χ1n) is 4.64. The Labute approximate surface area is 84.1 Å². The van der Waals surface area contributed by atoms with Crippen LogP contribution in [-0.4, -0.2) is 17.4 Å². The summed E-state index contributed by atoms with van der Waals surface area (Å²) in [6.45, 7) is 2.93. The van der Waals surface area contributed by atoms with Crippen molar-refractivity contribution in [3.05, 3.63) is 29.6 Å². The van der Waals surface area contributed by atoms with Crippen LogP contribution in [0.3, 0.4) is 0 Å². The van der Waals surface area contributed by atoms with E-state index >= 15 is 0 Å². The van der Waals surface area contributed by atoms with E-state index in [0.717, 1.165) is 17.8 Å². The zero-order chi connectivity index (χ0) is 10.4. The van der Waals surface area contributed by atoms with Gasteiger partial charge in [-0.1, -0.05) is 6.07 Å². The molecule has 14 heavy (non-hydrogen) atoms. The molecule has 0 radical (unpaired) electrons. The molecule has 76 valence electrons. The number of hydrogen-bond acceptors (Lipinski definition) is 3. The molecule has 0 atom stereocenters. The van der Waals surface area contributed by atoms with Crippen molar-refractivity contribution in [1.82, 2.24) is 4.98 Å². The van der Waals surface area contributed by atoms with Gasteiger partial charge >= 0.3 is 0 Å². The summed E-state index contributed by atoms with van der Waals surface area (Å²) in [6, 6.07) is 5.87. The standard InChI is InChI=1S/C10H16N4/c1-8(12)13-7-10-4-2-3-9(14-10)5-6-11/h2-4H,5-7,11H2,1H3,(H2,12,13). The maximum absolute atomic E-state index is 5.45. The first-order valence-corrected chi connectivity index (χ1v) is 4.64. The number of aromatic nitrogens is 1. The monoisotopic (exact) mass is 192 g/mol. The lowest BCUT2D eigenvalue weighted by atomic mass is 10.2. The molecule has 0 aliphatic heterocycles. The Kier molecular flexibility index (Phi) is 4.07. The summed E-state index contributed by atoms with van der Waals surface area (Å²) in [4.78, 5) is 8.49. The Morgan fingerprint density at radius 2 is 2.14 bits per heavy atom. The fraction of sp³-hybridized carbons (Fsp3) is 0.400. The maximum Gasteiger partial charge on any atom is 0.0910 e. The Hall–Kier alpha value is -1.42. The average Bonchev–Trinajstić information content (AvgIpc) is 2.16. The number of nitrogens with zero attached hydrogens (tertiary/aromatic N) is 2. The van der Waals surface area contributed by atoms with Gasteiger partial charge in [0, 0.05) is 12.1 Å². The van der Waals surface area contributed by atoms with Gasteiger partial charge in [-0.25, -0.2) is 0 Å². The van der Waals surface area contributed by atoms with E-state index in [1.54, 1.807) is 6.92 Å². The van der Waals surface area contributed by atoms with Crippen molar-refractivity contribution >= 4 is 5.84 Å². The van der Waals surface area contributed by atoms with Gasteiger partial charge in [0.15, 0.2) is 0 Å². The minimum atomic E-state index is 0.542. The predicted octanol–water partition coefficient (Wildman–Crippen LogP) is 0.460. The Bertz CT molecular complexity index is 316. The average molecular weight is 192 g/mol. The van der Waals surface area contributed by atoms with E-state index in [-0.39, 0.29) is 0 Å². The van der Waals surface area contributed by atoms with Crippen LogP contribution in [0.5, 0.6) is 0 Å². The highest BCUT2D eigenvalue weighted by Crippen LogP contribution is 2.01. The lowest BCUT2D eigenvalue weighted by Crippen LogP contribution is -2.07. The Balaban J connectivity index is 2.68. The van der Waals surface area contributed by atoms with E-state index in [4.69, 9.17) is 11.5 Å². The molecule has 0 aromatic carbocycles. The number of hydrogen-bond donors (Lipinski definition) is 2. The second-order valence-electron chi connectivity index (χ2n) is 3.12. The molecule has 4 N–H and O–H groups in total. The molecule has 0 saturated carbocycles. The molecule has 0 saturated heterocycles. The maximum atomic E-state index is 5.45. The molecular weight excluding hydrogens is 176 g/mol. The number of pyridine rings is 1. The summed E-state index contributed by atoms with van der Waals surface area (Å²) >= 11 is 0. The van der Waals surface area contributed by atoms with E-state index in [0.29, 0.717) is 18.9 Å². The quantitative estimate of drug-likeness (QED) is 0.537. The Morgan fingerprint density at radius 1 is 1.43 bits per heavy atom. The molecule has 1 aromatic rings. The largest absolute Gasteiger partial charge is 0.388 e. The molecule has 0 fully saturated rings. The fourth-order valence-corrected chi connectivity index (χ4v) is 1.11. The summed E-state index contributed by atoms with van der Waals surface area (Å²) in [7, 11) is 0. The third kappa shape index (κ3) is 3.53. The van der Waals surface area contributed by atoms with Crippen LogP contribution >= 0.6 is 0 Å². The van der Waals surface area contributed by atoms with Crippen molar-refractivity contribution in [2.24, 2.45) is 16.5 Å². The van der Waals surface area contributed by atoms with Crippen LogP contribution in [0.4, 0.5) is 0 Å². The molecule has 1 rings (SSSR count). The highest BCUT2D eigenvalue weighted by molar-refractivity contribution is 5.77. The van der Waals surface area contributed by atoms with Gasteiger partial charge in [0.1, 0.15) is 0 Å². The molecule has 0 bridgehead atoms. The van der Waals surface area contributed by atoms with E-state index in [2.05, 4.69) is 9.98 Å². The second-order valence-corrected chi connectivity index (χ2v) is 3.12. The summed E-state index contributed by atoms with van der Waals surface area (Å²) in [6.07, 6.45) is 0.805. The van der Waals surface area contributed by atoms with Crippen LogP contribution in [0.2, 0.25) is 0 Å². The summed E-state index contributed by atoms with van der Waals surface area (Å²) < 4.78 is 0. The minimum Gasteiger partial charge on any atom is -0.388 e. The van der Waals surface area contributed by atoms with Crippen LogP contribution in [0.15, 0.2) is 23.2 Å². The zero-order valence-corrected chi connectivity index (χ0v) is 8.40.